The highest BCUT2D eigenvalue weighted by atomic mass is 16.5. The van der Waals surface area contributed by atoms with E-state index >= 15 is 0 Å². The Morgan fingerprint density at radius 1 is 0.886 bits per heavy atom. The first kappa shape index (κ1) is 28.6. The van der Waals surface area contributed by atoms with Gasteiger partial charge in [-0.1, -0.05) is 73.7 Å². The lowest BCUT2D eigenvalue weighted by atomic mass is 9.96. The summed E-state index contributed by atoms with van der Waals surface area (Å²) in [5.74, 6) is 0.688. The summed E-state index contributed by atoms with van der Waals surface area (Å²) >= 11 is 0. The van der Waals surface area contributed by atoms with Crippen molar-refractivity contribution in [3.8, 4) is 0 Å². The Morgan fingerprint density at radius 2 is 1.57 bits per heavy atom. The predicted molar refractivity (Wildman–Crippen MR) is 170 cm³/mol. The van der Waals surface area contributed by atoms with Gasteiger partial charge in [-0.25, -0.2) is 4.68 Å². The molecule has 5 aromatic rings. The normalized spacial score (nSPS) is 18.7. The van der Waals surface area contributed by atoms with Gasteiger partial charge in [-0.3, -0.25) is 14.6 Å². The number of hydrogen-bond acceptors (Lipinski definition) is 7. The molecule has 2 saturated heterocycles. The zero-order valence-electron chi connectivity index (χ0n) is 25.2. The van der Waals surface area contributed by atoms with E-state index in [2.05, 4.69) is 110 Å². The van der Waals surface area contributed by atoms with Crippen molar-refractivity contribution in [2.45, 2.75) is 50.9 Å². The highest BCUT2D eigenvalue weighted by Crippen LogP contribution is 2.33. The first-order valence-electron chi connectivity index (χ1n) is 15.8. The molecule has 4 heterocycles. The highest BCUT2D eigenvalue weighted by Gasteiger charge is 2.35. The van der Waals surface area contributed by atoms with Crippen molar-refractivity contribution in [1.29, 1.82) is 0 Å². The van der Waals surface area contributed by atoms with Gasteiger partial charge >= 0.3 is 0 Å². The molecule has 226 valence electrons. The Kier molecular flexibility index (Phi) is 8.33. The van der Waals surface area contributed by atoms with Crippen molar-refractivity contribution in [2.24, 2.45) is 0 Å². The second kappa shape index (κ2) is 12.8. The molecule has 0 unspecified atom stereocenters. The standard InChI is InChI=1S/C35H39N7O2/c1-2-25-15-16-31-28(22-25)23-30(35(43)36-31)33(34-37-38-39-42(34)24-29-14-9-21-44-29)41-19-17-40(18-20-41)32(26-10-5-3-6-11-26)27-12-7-4-8-13-27/h3-8,10-13,15-16,22-23,29,32-33H,2,9,14,17-21,24H2,1H3,(H,36,43)/t29-,33-/m1/s1. The second-order valence-electron chi connectivity index (χ2n) is 11.9. The maximum Gasteiger partial charge on any atom is 0.253 e. The van der Waals surface area contributed by atoms with Crippen LogP contribution in [0.5, 0.6) is 0 Å². The van der Waals surface area contributed by atoms with Crippen molar-refractivity contribution in [3.63, 3.8) is 0 Å². The zero-order valence-corrected chi connectivity index (χ0v) is 25.2. The first-order chi connectivity index (χ1) is 21.7. The molecule has 0 aliphatic carbocycles. The van der Waals surface area contributed by atoms with Crippen LogP contribution in [0.15, 0.2) is 89.7 Å². The number of H-pyrrole nitrogens is 1. The van der Waals surface area contributed by atoms with Gasteiger partial charge < -0.3 is 9.72 Å². The van der Waals surface area contributed by atoms with E-state index in [1.807, 2.05) is 16.8 Å². The van der Waals surface area contributed by atoms with Crippen LogP contribution >= 0.6 is 0 Å². The molecule has 2 fully saturated rings. The minimum absolute atomic E-state index is 0.0780. The Bertz CT molecular complexity index is 1700. The molecule has 9 heteroatoms. The summed E-state index contributed by atoms with van der Waals surface area (Å²) in [6.07, 6.45) is 3.04. The third-order valence-electron chi connectivity index (χ3n) is 9.15. The van der Waals surface area contributed by atoms with Crippen LogP contribution < -0.4 is 5.56 Å². The van der Waals surface area contributed by atoms with Crippen LogP contribution in [0, 0.1) is 0 Å². The fourth-order valence-corrected chi connectivity index (χ4v) is 6.85. The maximum absolute atomic E-state index is 13.8. The number of aryl methyl sites for hydroxylation is 1. The lowest BCUT2D eigenvalue weighted by Crippen LogP contribution is -2.50. The average Bonchev–Trinajstić information content (AvgIpc) is 3.76. The molecule has 7 rings (SSSR count). The molecule has 44 heavy (non-hydrogen) atoms. The highest BCUT2D eigenvalue weighted by molar-refractivity contribution is 5.80. The van der Waals surface area contributed by atoms with Crippen LogP contribution in [0.1, 0.15) is 59.9 Å². The Balaban J connectivity index is 1.24. The van der Waals surface area contributed by atoms with E-state index in [0.717, 1.165) is 63.0 Å². The quantitative estimate of drug-likeness (QED) is 0.265. The summed E-state index contributed by atoms with van der Waals surface area (Å²) in [5, 5.41) is 14.1. The summed E-state index contributed by atoms with van der Waals surface area (Å²) in [6, 6.07) is 29.5. The van der Waals surface area contributed by atoms with Crippen LogP contribution in [0.4, 0.5) is 0 Å². The molecular weight excluding hydrogens is 550 g/mol. The number of benzene rings is 3. The number of aromatic amines is 1. The first-order valence-corrected chi connectivity index (χ1v) is 15.8. The van der Waals surface area contributed by atoms with Gasteiger partial charge in [0.05, 0.1) is 18.7 Å². The summed E-state index contributed by atoms with van der Waals surface area (Å²) in [7, 11) is 0. The SMILES string of the molecule is CCc1ccc2[nH]c(=O)c([C@H](c3nnnn3C[C@H]3CCCO3)N3CCN(C(c4ccccc4)c4ccccc4)CC3)cc2c1. The van der Waals surface area contributed by atoms with Crippen molar-refractivity contribution in [1.82, 2.24) is 35.0 Å². The van der Waals surface area contributed by atoms with Gasteiger partial charge in [-0.05, 0) is 70.0 Å². The number of aromatic nitrogens is 5. The summed E-state index contributed by atoms with van der Waals surface area (Å²) in [4.78, 5) is 21.9. The number of rotatable bonds is 9. The number of nitrogens with zero attached hydrogens (tertiary/aromatic N) is 6. The average molecular weight is 590 g/mol. The van der Waals surface area contributed by atoms with E-state index in [0.29, 0.717) is 17.9 Å². The number of ether oxygens (including phenoxy) is 1. The van der Waals surface area contributed by atoms with Gasteiger partial charge in [0.15, 0.2) is 5.82 Å². The second-order valence-corrected chi connectivity index (χ2v) is 11.9. The van der Waals surface area contributed by atoms with E-state index in [4.69, 9.17) is 4.74 Å². The lowest BCUT2D eigenvalue weighted by Gasteiger charge is -2.42. The van der Waals surface area contributed by atoms with Gasteiger partial charge in [0.25, 0.3) is 5.56 Å². The molecule has 2 aliphatic rings. The fraction of sp³-hybridized carbons (Fsp3) is 0.371. The minimum Gasteiger partial charge on any atom is -0.376 e. The summed E-state index contributed by atoms with van der Waals surface area (Å²) in [6.45, 7) is 6.69. The van der Waals surface area contributed by atoms with Crippen LogP contribution in [0.3, 0.4) is 0 Å². The Hall–Kier alpha value is -4.18. The lowest BCUT2D eigenvalue weighted by molar-refractivity contribution is 0.0778. The van der Waals surface area contributed by atoms with Gasteiger partial charge in [0.1, 0.15) is 6.04 Å². The monoisotopic (exact) mass is 589 g/mol. The largest absolute Gasteiger partial charge is 0.376 e. The van der Waals surface area contributed by atoms with Gasteiger partial charge in [-0.15, -0.1) is 5.10 Å². The van der Waals surface area contributed by atoms with Gasteiger partial charge in [-0.2, -0.15) is 0 Å². The molecule has 2 aliphatic heterocycles. The molecule has 0 amide bonds. The number of pyridine rings is 1. The Labute approximate surface area is 257 Å². The minimum atomic E-state index is -0.390. The smallest absolute Gasteiger partial charge is 0.253 e. The van der Waals surface area contributed by atoms with Crippen LogP contribution in [-0.2, 0) is 17.7 Å². The van der Waals surface area contributed by atoms with Crippen LogP contribution in [-0.4, -0.2) is 73.9 Å². The molecule has 0 spiro atoms. The van der Waals surface area contributed by atoms with Crippen molar-refractivity contribution in [3.05, 3.63) is 123 Å². The third-order valence-corrected chi connectivity index (χ3v) is 9.15. The Morgan fingerprint density at radius 3 is 2.20 bits per heavy atom. The van der Waals surface area contributed by atoms with E-state index < -0.39 is 0 Å². The molecule has 1 N–H and O–H groups in total. The number of nitrogens with one attached hydrogen (secondary N) is 1. The van der Waals surface area contributed by atoms with Crippen molar-refractivity contribution in [2.75, 3.05) is 32.8 Å². The van der Waals surface area contributed by atoms with Gasteiger partial charge in [0, 0.05) is 43.9 Å². The van der Waals surface area contributed by atoms with Crippen molar-refractivity contribution >= 4 is 10.9 Å². The van der Waals surface area contributed by atoms with Crippen LogP contribution in [0.2, 0.25) is 0 Å². The molecule has 3 aromatic carbocycles. The number of hydrogen-bond donors (Lipinski definition) is 1. The number of tetrazole rings is 1. The molecular formula is C35H39N7O2. The predicted octanol–water partition coefficient (Wildman–Crippen LogP) is 4.75. The zero-order chi connectivity index (χ0) is 29.9. The third kappa shape index (κ3) is 5.83. The number of fused-ring (bicyclic) bond motifs is 1. The fourth-order valence-electron chi connectivity index (χ4n) is 6.85. The topological polar surface area (TPSA) is 92.2 Å². The van der Waals surface area contributed by atoms with E-state index in [1.165, 1.54) is 16.7 Å². The molecule has 0 bridgehead atoms. The molecule has 9 nitrogen and oxygen atoms in total. The molecule has 0 radical (unpaired) electrons. The number of piperazine rings is 1. The molecule has 2 atom stereocenters. The molecule has 2 aromatic heterocycles. The summed E-state index contributed by atoms with van der Waals surface area (Å²) < 4.78 is 7.80. The van der Waals surface area contributed by atoms with E-state index in [-0.39, 0.29) is 23.7 Å². The van der Waals surface area contributed by atoms with Crippen LogP contribution in [0.25, 0.3) is 10.9 Å². The van der Waals surface area contributed by atoms with Crippen molar-refractivity contribution < 1.29 is 4.74 Å². The van der Waals surface area contributed by atoms with Gasteiger partial charge in [0.2, 0.25) is 0 Å². The molecule has 0 saturated carbocycles. The maximum atomic E-state index is 13.8. The van der Waals surface area contributed by atoms with E-state index in [9.17, 15) is 4.79 Å². The van der Waals surface area contributed by atoms with E-state index in [1.54, 1.807) is 0 Å². The summed E-state index contributed by atoms with van der Waals surface area (Å²) in [5.41, 5.74) is 5.20.